The molecule has 1 unspecified atom stereocenters. The largest absolute Gasteiger partial charge is 0.485 e. The summed E-state index contributed by atoms with van der Waals surface area (Å²) in [5.74, 6) is -0.0990. The average molecular weight is 424 g/mol. The number of aromatic nitrogens is 1. The molecule has 0 spiro atoms. The van der Waals surface area contributed by atoms with Crippen LogP contribution in [0.25, 0.3) is 0 Å². The van der Waals surface area contributed by atoms with Crippen LogP contribution in [0.3, 0.4) is 0 Å². The lowest BCUT2D eigenvalue weighted by Gasteiger charge is -2.26. The first-order valence-electron chi connectivity index (χ1n) is 9.95. The van der Waals surface area contributed by atoms with E-state index in [4.69, 9.17) is 19.4 Å². The normalized spacial score (nSPS) is 15.0. The van der Waals surface area contributed by atoms with Crippen LogP contribution < -0.4 is 9.64 Å². The van der Waals surface area contributed by atoms with Crippen molar-refractivity contribution in [1.29, 1.82) is 0 Å². The Bertz CT molecular complexity index is 978. The van der Waals surface area contributed by atoms with Gasteiger partial charge < -0.3 is 19.5 Å². The smallest absolute Gasteiger partial charge is 0.290 e. The highest BCUT2D eigenvalue weighted by molar-refractivity contribution is 5.65. The summed E-state index contributed by atoms with van der Waals surface area (Å²) < 4.78 is 25.6. The third-order valence-electron chi connectivity index (χ3n) is 4.78. The van der Waals surface area contributed by atoms with E-state index < -0.39 is 0 Å². The number of rotatable bonds is 6. The van der Waals surface area contributed by atoms with Crippen LogP contribution in [0.5, 0.6) is 5.75 Å². The molecule has 1 N–H and O–H groups in total. The van der Waals surface area contributed by atoms with E-state index in [1.807, 2.05) is 24.4 Å². The van der Waals surface area contributed by atoms with Crippen LogP contribution in [0.15, 0.2) is 67.0 Å². The van der Waals surface area contributed by atoms with Gasteiger partial charge in [0.1, 0.15) is 6.10 Å². The summed E-state index contributed by atoms with van der Waals surface area (Å²) >= 11 is 0. The summed E-state index contributed by atoms with van der Waals surface area (Å²) in [4.78, 5) is 14.7. The maximum absolute atomic E-state index is 14.4. The van der Waals surface area contributed by atoms with Gasteiger partial charge in [-0.25, -0.2) is 4.39 Å². The summed E-state index contributed by atoms with van der Waals surface area (Å²) in [7, 11) is 0. The van der Waals surface area contributed by atoms with E-state index in [2.05, 4.69) is 35.0 Å². The van der Waals surface area contributed by atoms with Crippen LogP contribution in [-0.4, -0.2) is 35.9 Å². The summed E-state index contributed by atoms with van der Waals surface area (Å²) in [5, 5.41) is 6.89. The molecule has 2 heterocycles. The summed E-state index contributed by atoms with van der Waals surface area (Å²) in [6.07, 6.45) is 4.28. The Kier molecular flexibility index (Phi) is 7.95. The zero-order valence-electron chi connectivity index (χ0n) is 17.3. The number of nitrogens with zero attached hydrogens (tertiary/aromatic N) is 2. The predicted octanol–water partition coefficient (Wildman–Crippen LogP) is 4.74. The van der Waals surface area contributed by atoms with E-state index in [9.17, 15) is 4.39 Å². The number of carboxylic acid groups (broad SMARTS) is 1. The van der Waals surface area contributed by atoms with Crippen LogP contribution in [0.1, 0.15) is 17.5 Å². The molecule has 1 atom stereocenters. The molecule has 4 rings (SSSR count). The number of ether oxygens (including phenoxy) is 2. The number of aryl methyl sites for hydroxylation is 1. The number of anilines is 2. The van der Waals surface area contributed by atoms with Gasteiger partial charge in [-0.05, 0) is 48.4 Å². The lowest BCUT2D eigenvalue weighted by molar-refractivity contribution is -0.122. The molecule has 0 saturated carbocycles. The fourth-order valence-corrected chi connectivity index (χ4v) is 3.34. The molecule has 31 heavy (non-hydrogen) atoms. The molecule has 2 aromatic carbocycles. The third-order valence-corrected chi connectivity index (χ3v) is 4.78. The number of benzene rings is 2. The molecule has 1 aliphatic heterocycles. The first-order valence-corrected chi connectivity index (χ1v) is 9.95. The monoisotopic (exact) mass is 424 g/mol. The van der Waals surface area contributed by atoms with Gasteiger partial charge in [0.2, 0.25) is 0 Å². The van der Waals surface area contributed by atoms with Crippen molar-refractivity contribution in [2.45, 2.75) is 26.0 Å². The van der Waals surface area contributed by atoms with Crippen molar-refractivity contribution in [1.82, 2.24) is 4.98 Å². The lowest BCUT2D eigenvalue weighted by Crippen LogP contribution is -2.19. The fraction of sp³-hybridized carbons (Fsp3) is 0.250. The highest BCUT2D eigenvalue weighted by Gasteiger charge is 2.20. The molecule has 1 aromatic heterocycles. The van der Waals surface area contributed by atoms with E-state index in [0.29, 0.717) is 19.8 Å². The second kappa shape index (κ2) is 11.1. The van der Waals surface area contributed by atoms with Gasteiger partial charge in [0.05, 0.1) is 13.2 Å². The number of hydrogen-bond donors (Lipinski definition) is 1. The maximum atomic E-state index is 14.4. The zero-order valence-corrected chi connectivity index (χ0v) is 17.3. The van der Waals surface area contributed by atoms with Gasteiger partial charge in [-0.3, -0.25) is 9.78 Å². The molecule has 1 aliphatic rings. The standard InChI is InChI=1S/C23H23FN2O2.CH2O2/c1-17-4-2-6-19(12-17)26(15-18-5-3-10-25-14-18)20-7-8-22(24)23(13-20)28-21-9-11-27-16-21;2-1-3/h2-8,10,12-14,21H,9,11,15-16H2,1H3;1H,(H,2,3). The van der Waals surface area contributed by atoms with Gasteiger partial charge in [-0.1, -0.05) is 18.2 Å². The first-order chi connectivity index (χ1) is 15.1. The average Bonchev–Trinajstić information content (AvgIpc) is 3.28. The minimum absolute atomic E-state index is 0.101. The first kappa shape index (κ1) is 22.2. The quantitative estimate of drug-likeness (QED) is 0.577. The summed E-state index contributed by atoms with van der Waals surface area (Å²) in [5.41, 5.74) is 4.13. The molecular formula is C24H25FN2O4. The summed E-state index contributed by atoms with van der Waals surface area (Å²) in [6, 6.07) is 17.2. The van der Waals surface area contributed by atoms with Gasteiger partial charge in [0, 0.05) is 42.8 Å². The number of hydrogen-bond acceptors (Lipinski definition) is 5. The SMILES string of the molecule is Cc1cccc(N(Cc2cccnc2)c2ccc(F)c(OC3CCOC3)c2)c1.O=CO. The van der Waals surface area contributed by atoms with Gasteiger partial charge in [-0.15, -0.1) is 0 Å². The Hall–Kier alpha value is -3.45. The number of carbonyl (C=O) groups is 1. The Morgan fingerprint density at radius 1 is 1.23 bits per heavy atom. The second-order valence-electron chi connectivity index (χ2n) is 7.11. The van der Waals surface area contributed by atoms with Crippen LogP contribution in [0.4, 0.5) is 15.8 Å². The Morgan fingerprint density at radius 3 is 2.71 bits per heavy atom. The molecular weight excluding hydrogens is 399 g/mol. The second-order valence-corrected chi connectivity index (χ2v) is 7.11. The molecule has 7 heteroatoms. The molecule has 6 nitrogen and oxygen atoms in total. The highest BCUT2D eigenvalue weighted by Crippen LogP contribution is 2.33. The molecule has 0 radical (unpaired) electrons. The van der Waals surface area contributed by atoms with Crippen LogP contribution in [0.2, 0.25) is 0 Å². The van der Waals surface area contributed by atoms with Crippen LogP contribution in [-0.2, 0) is 16.1 Å². The minimum atomic E-state index is -0.360. The van der Waals surface area contributed by atoms with Crippen LogP contribution in [0, 0.1) is 12.7 Å². The molecule has 0 aliphatic carbocycles. The maximum Gasteiger partial charge on any atom is 0.290 e. The Balaban J connectivity index is 0.000000858. The van der Waals surface area contributed by atoms with Crippen molar-refractivity contribution in [2.24, 2.45) is 0 Å². The van der Waals surface area contributed by atoms with E-state index >= 15 is 0 Å². The predicted molar refractivity (Wildman–Crippen MR) is 116 cm³/mol. The molecule has 1 saturated heterocycles. The van der Waals surface area contributed by atoms with E-state index in [1.54, 1.807) is 18.3 Å². The Labute approximate surface area is 180 Å². The molecule has 0 amide bonds. The van der Waals surface area contributed by atoms with Crippen molar-refractivity contribution in [3.8, 4) is 5.75 Å². The molecule has 3 aromatic rings. The van der Waals surface area contributed by atoms with Gasteiger partial charge in [0.15, 0.2) is 11.6 Å². The van der Waals surface area contributed by atoms with Crippen molar-refractivity contribution < 1.29 is 23.8 Å². The van der Waals surface area contributed by atoms with Crippen molar-refractivity contribution >= 4 is 17.8 Å². The number of halogens is 1. The van der Waals surface area contributed by atoms with Gasteiger partial charge in [-0.2, -0.15) is 0 Å². The molecule has 0 bridgehead atoms. The fourth-order valence-electron chi connectivity index (χ4n) is 3.34. The zero-order chi connectivity index (χ0) is 22.1. The van der Waals surface area contributed by atoms with Crippen LogP contribution >= 0.6 is 0 Å². The topological polar surface area (TPSA) is 71.9 Å². The van der Waals surface area contributed by atoms with E-state index in [-0.39, 0.29) is 24.1 Å². The minimum Gasteiger partial charge on any atom is -0.485 e. The molecule has 1 fully saturated rings. The highest BCUT2D eigenvalue weighted by atomic mass is 19.1. The van der Waals surface area contributed by atoms with Gasteiger partial charge >= 0.3 is 0 Å². The van der Waals surface area contributed by atoms with Gasteiger partial charge in [0.25, 0.3) is 6.47 Å². The Morgan fingerprint density at radius 2 is 2.03 bits per heavy atom. The van der Waals surface area contributed by atoms with E-state index in [0.717, 1.165) is 28.9 Å². The molecule has 162 valence electrons. The third kappa shape index (κ3) is 6.26. The summed E-state index contributed by atoms with van der Waals surface area (Å²) in [6.45, 7) is 3.59. The number of pyridine rings is 1. The van der Waals surface area contributed by atoms with E-state index in [1.165, 1.54) is 6.07 Å². The lowest BCUT2D eigenvalue weighted by atomic mass is 10.1. The van der Waals surface area contributed by atoms with Crippen molar-refractivity contribution in [3.63, 3.8) is 0 Å². The van der Waals surface area contributed by atoms with Crippen molar-refractivity contribution in [3.05, 3.63) is 83.9 Å². The van der Waals surface area contributed by atoms with Crippen molar-refractivity contribution in [2.75, 3.05) is 18.1 Å².